The third-order valence-corrected chi connectivity index (χ3v) is 3.46. The molecule has 0 aliphatic rings. The minimum atomic E-state index is -0.326. The minimum absolute atomic E-state index is 0.116. The summed E-state index contributed by atoms with van der Waals surface area (Å²) in [6.07, 6.45) is -0.182. The third-order valence-electron chi connectivity index (χ3n) is 3.46. The van der Waals surface area contributed by atoms with E-state index in [1.807, 2.05) is 57.3 Å². The molecule has 0 amide bonds. The van der Waals surface area contributed by atoms with E-state index in [1.165, 1.54) is 6.07 Å². The Labute approximate surface area is 119 Å². The summed E-state index contributed by atoms with van der Waals surface area (Å²) < 4.78 is 19.8. The van der Waals surface area contributed by atoms with Crippen LogP contribution in [0.2, 0.25) is 0 Å². The van der Waals surface area contributed by atoms with E-state index in [2.05, 4.69) is 5.32 Å². The Balaban J connectivity index is 2.14. The van der Waals surface area contributed by atoms with Crippen molar-refractivity contribution in [2.75, 3.05) is 7.05 Å². The van der Waals surface area contributed by atoms with Gasteiger partial charge in [-0.2, -0.15) is 0 Å². The van der Waals surface area contributed by atoms with E-state index < -0.39 is 0 Å². The maximum Gasteiger partial charge on any atom is 0.165 e. The van der Waals surface area contributed by atoms with E-state index in [0.717, 1.165) is 11.1 Å². The molecule has 0 saturated heterocycles. The summed E-state index contributed by atoms with van der Waals surface area (Å²) in [6.45, 7) is 3.90. The van der Waals surface area contributed by atoms with Gasteiger partial charge in [0, 0.05) is 6.04 Å². The lowest BCUT2D eigenvalue weighted by molar-refractivity contribution is 0.216. The molecule has 2 aromatic carbocycles. The van der Waals surface area contributed by atoms with Gasteiger partial charge in [-0.25, -0.2) is 4.39 Å². The van der Waals surface area contributed by atoms with Gasteiger partial charge in [-0.3, -0.25) is 0 Å². The van der Waals surface area contributed by atoms with Crippen LogP contribution < -0.4 is 10.1 Å². The molecule has 0 bridgehead atoms. The molecule has 106 valence electrons. The number of rotatable bonds is 5. The number of nitrogens with one attached hydrogen (secondary N) is 1. The fraction of sp³-hybridized carbons (Fsp3) is 0.294. The molecule has 0 aliphatic heterocycles. The van der Waals surface area contributed by atoms with Crippen molar-refractivity contribution in [2.24, 2.45) is 0 Å². The molecular formula is C17H20FNO. The SMILES string of the molecule is CNC(C)c1ccc(OC(C)c2ccccc2)c(F)c1. The van der Waals surface area contributed by atoms with Gasteiger partial charge in [0.15, 0.2) is 11.6 Å². The molecule has 2 aromatic rings. The Morgan fingerprint density at radius 1 is 1.00 bits per heavy atom. The van der Waals surface area contributed by atoms with Gasteiger partial charge in [-0.15, -0.1) is 0 Å². The fourth-order valence-corrected chi connectivity index (χ4v) is 2.03. The van der Waals surface area contributed by atoms with Gasteiger partial charge in [0.25, 0.3) is 0 Å². The van der Waals surface area contributed by atoms with Crippen LogP contribution in [0.25, 0.3) is 0 Å². The van der Waals surface area contributed by atoms with E-state index in [0.29, 0.717) is 0 Å². The molecule has 2 nitrogen and oxygen atoms in total. The molecule has 0 fully saturated rings. The maximum atomic E-state index is 14.1. The molecule has 0 aliphatic carbocycles. The van der Waals surface area contributed by atoms with Gasteiger partial charge in [0.1, 0.15) is 6.10 Å². The molecule has 0 heterocycles. The zero-order valence-electron chi connectivity index (χ0n) is 12.1. The first-order chi connectivity index (χ1) is 9.61. The van der Waals surface area contributed by atoms with Crippen molar-refractivity contribution in [3.8, 4) is 5.75 Å². The van der Waals surface area contributed by atoms with Crippen molar-refractivity contribution in [1.29, 1.82) is 0 Å². The first-order valence-electron chi connectivity index (χ1n) is 6.80. The third kappa shape index (κ3) is 3.36. The molecule has 20 heavy (non-hydrogen) atoms. The van der Waals surface area contributed by atoms with Crippen LogP contribution in [-0.2, 0) is 0 Å². The molecule has 2 rings (SSSR count). The largest absolute Gasteiger partial charge is 0.483 e. The van der Waals surface area contributed by atoms with Gasteiger partial charge in [-0.05, 0) is 44.2 Å². The Hall–Kier alpha value is -1.87. The van der Waals surface area contributed by atoms with Crippen LogP contribution in [0.1, 0.15) is 37.1 Å². The average Bonchev–Trinajstić information content (AvgIpc) is 2.49. The topological polar surface area (TPSA) is 21.3 Å². The van der Waals surface area contributed by atoms with Crippen molar-refractivity contribution in [2.45, 2.75) is 26.0 Å². The average molecular weight is 273 g/mol. The molecule has 0 aromatic heterocycles. The van der Waals surface area contributed by atoms with Crippen LogP contribution in [0.3, 0.4) is 0 Å². The van der Waals surface area contributed by atoms with Gasteiger partial charge in [0.2, 0.25) is 0 Å². The van der Waals surface area contributed by atoms with Crippen LogP contribution in [-0.4, -0.2) is 7.05 Å². The van der Waals surface area contributed by atoms with E-state index >= 15 is 0 Å². The molecule has 0 saturated carbocycles. The highest BCUT2D eigenvalue weighted by Gasteiger charge is 2.12. The second kappa shape index (κ2) is 6.53. The maximum absolute atomic E-state index is 14.1. The molecule has 0 spiro atoms. The number of halogens is 1. The Kier molecular flexibility index (Phi) is 4.74. The molecule has 3 heteroatoms. The summed E-state index contributed by atoms with van der Waals surface area (Å²) in [5, 5.41) is 3.09. The van der Waals surface area contributed by atoms with Crippen molar-refractivity contribution in [3.63, 3.8) is 0 Å². The van der Waals surface area contributed by atoms with Crippen LogP contribution in [0, 0.1) is 5.82 Å². The predicted molar refractivity (Wildman–Crippen MR) is 79.4 cm³/mol. The number of hydrogen-bond acceptors (Lipinski definition) is 2. The number of benzene rings is 2. The molecule has 2 unspecified atom stereocenters. The van der Waals surface area contributed by atoms with E-state index in [1.54, 1.807) is 6.07 Å². The van der Waals surface area contributed by atoms with Crippen LogP contribution in [0.15, 0.2) is 48.5 Å². The summed E-state index contributed by atoms with van der Waals surface area (Å²) in [7, 11) is 1.85. The predicted octanol–water partition coefficient (Wildman–Crippen LogP) is 4.25. The number of hydrogen-bond donors (Lipinski definition) is 1. The zero-order chi connectivity index (χ0) is 14.5. The van der Waals surface area contributed by atoms with Gasteiger partial charge >= 0.3 is 0 Å². The smallest absolute Gasteiger partial charge is 0.165 e. The van der Waals surface area contributed by atoms with Gasteiger partial charge < -0.3 is 10.1 Å². The Morgan fingerprint density at radius 3 is 2.30 bits per heavy atom. The molecule has 0 radical (unpaired) electrons. The van der Waals surface area contributed by atoms with Crippen molar-refractivity contribution >= 4 is 0 Å². The van der Waals surface area contributed by atoms with E-state index in [9.17, 15) is 4.39 Å². The minimum Gasteiger partial charge on any atom is -0.483 e. The van der Waals surface area contributed by atoms with Crippen LogP contribution in [0.5, 0.6) is 5.75 Å². The lowest BCUT2D eigenvalue weighted by atomic mass is 10.1. The molecular weight excluding hydrogens is 253 g/mol. The summed E-state index contributed by atoms with van der Waals surface area (Å²) in [6, 6.07) is 15.0. The monoisotopic (exact) mass is 273 g/mol. The summed E-state index contributed by atoms with van der Waals surface area (Å²) in [4.78, 5) is 0. The highest BCUT2D eigenvalue weighted by molar-refractivity contribution is 5.31. The van der Waals surface area contributed by atoms with Gasteiger partial charge in [-0.1, -0.05) is 36.4 Å². The van der Waals surface area contributed by atoms with E-state index in [-0.39, 0.29) is 23.7 Å². The summed E-state index contributed by atoms with van der Waals surface area (Å²) in [5.41, 5.74) is 1.93. The van der Waals surface area contributed by atoms with Crippen molar-refractivity contribution in [3.05, 3.63) is 65.5 Å². The van der Waals surface area contributed by atoms with Crippen molar-refractivity contribution < 1.29 is 9.13 Å². The van der Waals surface area contributed by atoms with Crippen LogP contribution in [0.4, 0.5) is 4.39 Å². The first-order valence-corrected chi connectivity index (χ1v) is 6.80. The summed E-state index contributed by atoms with van der Waals surface area (Å²) in [5.74, 6) is -0.0409. The van der Waals surface area contributed by atoms with E-state index in [4.69, 9.17) is 4.74 Å². The molecule has 2 atom stereocenters. The molecule has 1 N–H and O–H groups in total. The lowest BCUT2D eigenvalue weighted by Crippen LogP contribution is -2.12. The first kappa shape index (κ1) is 14.5. The normalized spacial score (nSPS) is 13.8. The number of ether oxygens (including phenoxy) is 1. The Bertz CT molecular complexity index is 556. The van der Waals surface area contributed by atoms with Crippen molar-refractivity contribution in [1.82, 2.24) is 5.32 Å². The summed E-state index contributed by atoms with van der Waals surface area (Å²) >= 11 is 0. The second-order valence-electron chi connectivity index (χ2n) is 4.87. The Morgan fingerprint density at radius 2 is 1.70 bits per heavy atom. The zero-order valence-corrected chi connectivity index (χ0v) is 12.1. The highest BCUT2D eigenvalue weighted by Crippen LogP contribution is 2.26. The lowest BCUT2D eigenvalue weighted by Gasteiger charge is -2.17. The fourth-order valence-electron chi connectivity index (χ4n) is 2.03. The second-order valence-corrected chi connectivity index (χ2v) is 4.87. The van der Waals surface area contributed by atoms with Crippen LogP contribution >= 0.6 is 0 Å². The van der Waals surface area contributed by atoms with Gasteiger partial charge in [0.05, 0.1) is 0 Å². The highest BCUT2D eigenvalue weighted by atomic mass is 19.1. The quantitative estimate of drug-likeness (QED) is 0.879. The standard InChI is InChI=1S/C17H20FNO/c1-12(19-3)15-9-10-17(16(18)11-15)20-13(2)14-7-5-4-6-8-14/h4-13,19H,1-3H3.